The van der Waals surface area contributed by atoms with Gasteiger partial charge in [0.1, 0.15) is 11.6 Å². The monoisotopic (exact) mass is 663 g/mol. The van der Waals surface area contributed by atoms with Crippen molar-refractivity contribution in [2.24, 2.45) is 0 Å². The van der Waals surface area contributed by atoms with Crippen molar-refractivity contribution < 1.29 is 0 Å². The zero-order valence-electron chi connectivity index (χ0n) is 28.0. The van der Waals surface area contributed by atoms with Crippen LogP contribution >= 0.6 is 0 Å². The van der Waals surface area contributed by atoms with E-state index in [1.807, 2.05) is 60.7 Å². The molecule has 0 saturated heterocycles. The fraction of sp³-hybridized carbons (Fsp3) is 0. The average molecular weight is 664 g/mol. The Kier molecular flexibility index (Phi) is 6.80. The summed E-state index contributed by atoms with van der Waals surface area (Å²) in [7, 11) is 0. The molecular weight excluding hydrogens is 635 g/mol. The molecule has 0 aliphatic rings. The van der Waals surface area contributed by atoms with E-state index >= 15 is 0 Å². The van der Waals surface area contributed by atoms with E-state index in [9.17, 15) is 5.26 Å². The van der Waals surface area contributed by atoms with Gasteiger partial charge in [-0.3, -0.25) is 0 Å². The highest BCUT2D eigenvalue weighted by atomic mass is 15.0. The van der Waals surface area contributed by atoms with Gasteiger partial charge in [-0.2, -0.15) is 5.26 Å². The van der Waals surface area contributed by atoms with Crippen molar-refractivity contribution in [1.82, 2.24) is 19.1 Å². The number of hydrogen-bond acceptors (Lipinski definition) is 3. The van der Waals surface area contributed by atoms with E-state index < -0.39 is 0 Å². The number of para-hydroxylation sites is 3. The standard InChI is InChI=1S/C47H29N5/c48-30-38-45(31-15-5-1-6-16-31)49-47(50-46(38)32-17-7-2-8-18-32)33-25-26-40-37(29-33)44-42(52(40)35-21-11-4-12-22-35)28-27-41-43(44)36-23-13-14-24-39(36)51(41)34-19-9-3-10-20-34/h1-29H. The second-order valence-electron chi connectivity index (χ2n) is 12.9. The van der Waals surface area contributed by atoms with E-state index in [4.69, 9.17) is 9.97 Å². The molecule has 0 amide bonds. The van der Waals surface area contributed by atoms with Crippen LogP contribution in [0.3, 0.4) is 0 Å². The number of aromatic nitrogens is 4. The minimum absolute atomic E-state index is 0.457. The molecule has 7 aromatic carbocycles. The Morgan fingerprint density at radius 3 is 1.38 bits per heavy atom. The summed E-state index contributed by atoms with van der Waals surface area (Å²) in [6.07, 6.45) is 0. The summed E-state index contributed by atoms with van der Waals surface area (Å²) in [6, 6.07) is 63.1. The smallest absolute Gasteiger partial charge is 0.160 e. The molecule has 10 aromatic rings. The first-order chi connectivity index (χ1) is 25.8. The lowest BCUT2D eigenvalue weighted by Gasteiger charge is -2.12. The average Bonchev–Trinajstić information content (AvgIpc) is 3.74. The third-order valence-corrected chi connectivity index (χ3v) is 9.97. The molecule has 0 aliphatic carbocycles. The van der Waals surface area contributed by atoms with Gasteiger partial charge < -0.3 is 9.13 Å². The summed E-state index contributed by atoms with van der Waals surface area (Å²) < 4.78 is 4.72. The first kappa shape index (κ1) is 29.6. The van der Waals surface area contributed by atoms with Gasteiger partial charge >= 0.3 is 0 Å². The minimum atomic E-state index is 0.457. The molecule has 5 nitrogen and oxygen atoms in total. The van der Waals surface area contributed by atoms with Gasteiger partial charge in [0.05, 0.1) is 33.5 Å². The lowest BCUT2D eigenvalue weighted by molar-refractivity contribution is 1.16. The quantitative estimate of drug-likeness (QED) is 0.184. The van der Waals surface area contributed by atoms with Gasteiger partial charge in [0.2, 0.25) is 0 Å². The van der Waals surface area contributed by atoms with Crippen LogP contribution in [-0.4, -0.2) is 19.1 Å². The molecule has 52 heavy (non-hydrogen) atoms. The second-order valence-corrected chi connectivity index (χ2v) is 12.9. The zero-order chi connectivity index (χ0) is 34.6. The minimum Gasteiger partial charge on any atom is -0.309 e. The predicted molar refractivity (Wildman–Crippen MR) is 212 cm³/mol. The van der Waals surface area contributed by atoms with Crippen molar-refractivity contribution in [3.8, 4) is 51.3 Å². The van der Waals surface area contributed by atoms with E-state index in [0.29, 0.717) is 22.8 Å². The van der Waals surface area contributed by atoms with Gasteiger partial charge in [-0.1, -0.05) is 115 Å². The largest absolute Gasteiger partial charge is 0.309 e. The van der Waals surface area contributed by atoms with Crippen molar-refractivity contribution in [2.45, 2.75) is 0 Å². The highest BCUT2D eigenvalue weighted by Gasteiger charge is 2.23. The fourth-order valence-electron chi connectivity index (χ4n) is 7.72. The summed E-state index contributed by atoms with van der Waals surface area (Å²) in [4.78, 5) is 10.3. The maximum absolute atomic E-state index is 10.5. The topological polar surface area (TPSA) is 59.4 Å². The maximum atomic E-state index is 10.5. The molecule has 0 unspecified atom stereocenters. The highest BCUT2D eigenvalue weighted by Crippen LogP contribution is 2.43. The Hall–Kier alpha value is -7.29. The summed E-state index contributed by atoms with van der Waals surface area (Å²) in [5.74, 6) is 0.568. The Morgan fingerprint density at radius 2 is 0.846 bits per heavy atom. The molecule has 10 rings (SSSR count). The highest BCUT2D eigenvalue weighted by molar-refractivity contribution is 6.29. The lowest BCUT2D eigenvalue weighted by Crippen LogP contribution is -2.01. The fourth-order valence-corrected chi connectivity index (χ4v) is 7.72. The predicted octanol–water partition coefficient (Wildman–Crippen LogP) is 11.5. The molecule has 0 saturated carbocycles. The van der Waals surface area contributed by atoms with Gasteiger partial charge in [0.15, 0.2) is 5.82 Å². The van der Waals surface area contributed by atoms with Crippen LogP contribution < -0.4 is 0 Å². The second kappa shape index (κ2) is 11.9. The number of nitriles is 1. The SMILES string of the molecule is N#Cc1c(-c2ccccc2)nc(-c2ccc3c(c2)c2c4c5ccccc5n(-c5ccccc5)c4ccc2n3-c2ccccc2)nc1-c1ccccc1. The van der Waals surface area contributed by atoms with Crippen LogP contribution in [0.15, 0.2) is 176 Å². The molecule has 0 N–H and O–H groups in total. The first-order valence-corrected chi connectivity index (χ1v) is 17.3. The Balaban J connectivity index is 1.32. The van der Waals surface area contributed by atoms with E-state index in [2.05, 4.69) is 130 Å². The molecule has 3 aromatic heterocycles. The Morgan fingerprint density at radius 1 is 0.404 bits per heavy atom. The molecule has 0 atom stereocenters. The van der Waals surface area contributed by atoms with Crippen molar-refractivity contribution >= 4 is 43.6 Å². The van der Waals surface area contributed by atoms with Gasteiger partial charge in [-0.25, -0.2) is 9.97 Å². The molecule has 0 radical (unpaired) electrons. The van der Waals surface area contributed by atoms with Crippen LogP contribution in [0, 0.1) is 11.3 Å². The van der Waals surface area contributed by atoms with E-state index in [1.165, 1.54) is 16.2 Å². The summed E-state index contributed by atoms with van der Waals surface area (Å²) in [5.41, 5.74) is 11.0. The van der Waals surface area contributed by atoms with Crippen molar-refractivity contribution in [3.63, 3.8) is 0 Å². The van der Waals surface area contributed by atoms with Crippen LogP contribution in [0.4, 0.5) is 0 Å². The van der Waals surface area contributed by atoms with Crippen molar-refractivity contribution in [1.29, 1.82) is 5.26 Å². The summed E-state index contributed by atoms with van der Waals surface area (Å²) in [5, 5.41) is 15.2. The van der Waals surface area contributed by atoms with Crippen LogP contribution in [0.5, 0.6) is 0 Å². The summed E-state index contributed by atoms with van der Waals surface area (Å²) in [6.45, 7) is 0. The van der Waals surface area contributed by atoms with Crippen LogP contribution in [0.25, 0.3) is 88.9 Å². The third-order valence-electron chi connectivity index (χ3n) is 9.97. The molecule has 0 fully saturated rings. The van der Waals surface area contributed by atoms with E-state index in [-0.39, 0.29) is 0 Å². The molecule has 0 bridgehead atoms. The summed E-state index contributed by atoms with van der Waals surface area (Å²) >= 11 is 0. The normalized spacial score (nSPS) is 11.4. The zero-order valence-corrected chi connectivity index (χ0v) is 28.0. The molecule has 5 heteroatoms. The van der Waals surface area contributed by atoms with Crippen molar-refractivity contribution in [3.05, 3.63) is 181 Å². The van der Waals surface area contributed by atoms with Gasteiger partial charge in [-0.15, -0.1) is 0 Å². The van der Waals surface area contributed by atoms with E-state index in [0.717, 1.165) is 55.5 Å². The number of fused-ring (bicyclic) bond motifs is 7. The van der Waals surface area contributed by atoms with E-state index in [1.54, 1.807) is 0 Å². The maximum Gasteiger partial charge on any atom is 0.160 e. The first-order valence-electron chi connectivity index (χ1n) is 17.3. The third kappa shape index (κ3) is 4.56. The molecule has 3 heterocycles. The van der Waals surface area contributed by atoms with Gasteiger partial charge in [0, 0.05) is 49.6 Å². The van der Waals surface area contributed by atoms with Crippen LogP contribution in [0.2, 0.25) is 0 Å². The van der Waals surface area contributed by atoms with Gasteiger partial charge in [0.25, 0.3) is 0 Å². The molecule has 242 valence electrons. The van der Waals surface area contributed by atoms with Gasteiger partial charge in [-0.05, 0) is 60.7 Å². The lowest BCUT2D eigenvalue weighted by atomic mass is 10.00. The number of rotatable bonds is 5. The number of hydrogen-bond donors (Lipinski definition) is 0. The van der Waals surface area contributed by atoms with Crippen LogP contribution in [-0.2, 0) is 0 Å². The molecule has 0 spiro atoms. The number of nitrogens with zero attached hydrogens (tertiary/aromatic N) is 5. The molecule has 0 aliphatic heterocycles. The van der Waals surface area contributed by atoms with Crippen molar-refractivity contribution in [2.75, 3.05) is 0 Å². The Bertz CT molecular complexity index is 2930. The van der Waals surface area contributed by atoms with Crippen LogP contribution in [0.1, 0.15) is 5.56 Å². The Labute approximate surface area is 299 Å². The number of benzene rings is 7. The molecular formula is C47H29N5.